The number of para-hydroxylation sites is 1. The smallest absolute Gasteiger partial charge is 0.323 e. The number of carboxylic acid groups (broad SMARTS) is 1. The van der Waals surface area contributed by atoms with Crippen LogP contribution >= 0.6 is 0 Å². The van der Waals surface area contributed by atoms with Crippen molar-refractivity contribution in [3.63, 3.8) is 0 Å². The molecule has 0 spiro atoms. The van der Waals surface area contributed by atoms with E-state index in [1.165, 1.54) is 0 Å². The lowest BCUT2D eigenvalue weighted by Crippen LogP contribution is -2.42. The fourth-order valence-corrected chi connectivity index (χ4v) is 6.04. The Morgan fingerprint density at radius 3 is 2.05 bits per heavy atom. The summed E-state index contributed by atoms with van der Waals surface area (Å²) >= 11 is 0. The summed E-state index contributed by atoms with van der Waals surface area (Å²) in [7, 11) is -3.86. The molecule has 0 radical (unpaired) electrons. The minimum Gasteiger partial charge on any atom is -0.488 e. The van der Waals surface area contributed by atoms with Crippen LogP contribution in [-0.4, -0.2) is 37.2 Å². The van der Waals surface area contributed by atoms with Crippen molar-refractivity contribution in [3.8, 4) is 5.75 Å². The zero-order valence-electron chi connectivity index (χ0n) is 24.9. The summed E-state index contributed by atoms with van der Waals surface area (Å²) < 4.78 is 33.7. The molecule has 4 aromatic rings. The molecule has 0 aliphatic heterocycles. The number of amides is 2. The van der Waals surface area contributed by atoms with E-state index in [1.807, 2.05) is 69.3 Å². The van der Waals surface area contributed by atoms with Gasteiger partial charge in [-0.15, -0.1) is 0 Å². The van der Waals surface area contributed by atoms with E-state index in [2.05, 4.69) is 15.4 Å². The minimum atomic E-state index is -3.86. The van der Waals surface area contributed by atoms with Gasteiger partial charge in [-0.1, -0.05) is 72.8 Å². The van der Waals surface area contributed by atoms with Crippen LogP contribution in [0.5, 0.6) is 5.75 Å². The predicted octanol–water partition coefficient (Wildman–Crippen LogP) is 6.15. The number of ether oxygens (including phenoxy) is 1. The molecule has 4 N–H and O–H groups in total. The molecule has 4 aromatic carbocycles. The van der Waals surface area contributed by atoms with Crippen LogP contribution < -0.4 is 20.1 Å². The highest BCUT2D eigenvalue weighted by Gasteiger charge is 2.25. The first-order valence-electron chi connectivity index (χ1n) is 14.1. The number of urea groups is 1. The number of hydrogen-bond donors (Lipinski definition) is 4. The number of sulfonamides is 1. The van der Waals surface area contributed by atoms with Crippen LogP contribution in [0.25, 0.3) is 0 Å². The zero-order chi connectivity index (χ0) is 31.7. The molecule has 0 bridgehead atoms. The summed E-state index contributed by atoms with van der Waals surface area (Å²) in [6.07, 6.45) is 0.575. The summed E-state index contributed by atoms with van der Waals surface area (Å²) in [4.78, 5) is 24.2. The highest BCUT2D eigenvalue weighted by Crippen LogP contribution is 2.24. The summed E-state index contributed by atoms with van der Waals surface area (Å²) in [6, 6.07) is 29.0. The summed E-state index contributed by atoms with van der Waals surface area (Å²) in [5.74, 6) is -0.958. The average Bonchev–Trinajstić information content (AvgIpc) is 2.96. The Kier molecular flexibility index (Phi) is 10.4. The largest absolute Gasteiger partial charge is 0.488 e. The molecule has 230 valence electrons. The van der Waals surface area contributed by atoms with Gasteiger partial charge < -0.3 is 20.5 Å². The van der Waals surface area contributed by atoms with Crippen molar-refractivity contribution in [2.45, 2.75) is 51.0 Å². The van der Waals surface area contributed by atoms with Crippen molar-refractivity contribution in [3.05, 3.63) is 125 Å². The summed E-state index contributed by atoms with van der Waals surface area (Å²) in [5.41, 5.74) is 4.05. The summed E-state index contributed by atoms with van der Waals surface area (Å²) in [5, 5.41) is 15.4. The maximum atomic E-state index is 12.6. The monoisotopic (exact) mass is 615 g/mol. The van der Waals surface area contributed by atoms with Gasteiger partial charge in [0.1, 0.15) is 17.4 Å². The van der Waals surface area contributed by atoms with Gasteiger partial charge in [0.05, 0.1) is 5.75 Å². The van der Waals surface area contributed by atoms with E-state index in [1.54, 1.807) is 54.6 Å². The molecule has 1 unspecified atom stereocenters. The van der Waals surface area contributed by atoms with Gasteiger partial charge in [0.15, 0.2) is 0 Å². The molecule has 0 aliphatic rings. The van der Waals surface area contributed by atoms with Crippen LogP contribution in [0.15, 0.2) is 103 Å². The van der Waals surface area contributed by atoms with Crippen LogP contribution in [0.4, 0.5) is 16.2 Å². The van der Waals surface area contributed by atoms with E-state index in [-0.39, 0.29) is 18.2 Å². The third-order valence-electron chi connectivity index (χ3n) is 6.81. The Bertz CT molecular complexity index is 1670. The number of nitrogens with one attached hydrogen (secondary N) is 3. The number of carboxylic acids is 1. The van der Waals surface area contributed by atoms with Gasteiger partial charge >= 0.3 is 12.0 Å². The van der Waals surface area contributed by atoms with Crippen molar-refractivity contribution in [2.24, 2.45) is 0 Å². The van der Waals surface area contributed by atoms with E-state index in [4.69, 9.17) is 4.74 Å². The Labute approximate surface area is 258 Å². The van der Waals surface area contributed by atoms with Crippen LogP contribution in [-0.2, 0) is 33.4 Å². The van der Waals surface area contributed by atoms with E-state index < -0.39 is 27.6 Å². The highest BCUT2D eigenvalue weighted by atomic mass is 32.2. The molecule has 44 heavy (non-hydrogen) atoms. The van der Waals surface area contributed by atoms with Gasteiger partial charge in [0.2, 0.25) is 10.0 Å². The van der Waals surface area contributed by atoms with Crippen molar-refractivity contribution >= 4 is 33.4 Å². The van der Waals surface area contributed by atoms with Crippen molar-refractivity contribution in [2.75, 3.05) is 10.6 Å². The lowest BCUT2D eigenvalue weighted by molar-refractivity contribution is -0.138. The fourth-order valence-electron chi connectivity index (χ4n) is 4.71. The molecule has 10 heteroatoms. The molecule has 1 atom stereocenters. The molecule has 2 amide bonds. The second-order valence-electron chi connectivity index (χ2n) is 11.2. The van der Waals surface area contributed by atoms with Crippen LogP contribution in [0.2, 0.25) is 0 Å². The van der Waals surface area contributed by atoms with Gasteiger partial charge in [-0.2, -0.15) is 0 Å². The first-order valence-corrected chi connectivity index (χ1v) is 15.8. The van der Waals surface area contributed by atoms with Crippen molar-refractivity contribution < 1.29 is 27.9 Å². The number of hydrogen-bond acceptors (Lipinski definition) is 5. The Hall–Kier alpha value is -4.67. The van der Waals surface area contributed by atoms with E-state index in [9.17, 15) is 23.1 Å². The third kappa shape index (κ3) is 9.96. The van der Waals surface area contributed by atoms with Crippen LogP contribution in [0, 0.1) is 6.92 Å². The quantitative estimate of drug-likeness (QED) is 0.143. The first kappa shape index (κ1) is 32.2. The van der Waals surface area contributed by atoms with E-state index in [0.717, 1.165) is 16.8 Å². The second-order valence-corrected chi connectivity index (χ2v) is 13.0. The standard InChI is InChI=1S/C34H37N3O6S/c1-24-9-7-8-12-30(24)36-33(40)35-28-17-13-26(14-18-28)22-34(2,3)43-29-19-15-25(16-20-29)21-31(32(38)39)37-44(41,42)23-27-10-5-4-6-11-27/h4-20,31,37H,21-23H2,1-3H3,(H,38,39)(H2,35,36,40). The Morgan fingerprint density at radius 1 is 0.795 bits per heavy atom. The number of carbonyl (C=O) groups is 2. The molecule has 0 saturated carbocycles. The predicted molar refractivity (Wildman–Crippen MR) is 172 cm³/mol. The number of aliphatic carboxylic acids is 1. The second kappa shape index (κ2) is 14.2. The molecule has 0 fully saturated rings. The fraction of sp³-hybridized carbons (Fsp3) is 0.235. The van der Waals surface area contributed by atoms with Gasteiger partial charge in [0, 0.05) is 17.8 Å². The number of anilines is 2. The number of rotatable bonds is 13. The van der Waals surface area contributed by atoms with Gasteiger partial charge in [0.25, 0.3) is 0 Å². The average molecular weight is 616 g/mol. The molecule has 0 heterocycles. The van der Waals surface area contributed by atoms with E-state index in [0.29, 0.717) is 29.0 Å². The Balaban J connectivity index is 1.30. The molecular formula is C34H37N3O6S. The SMILES string of the molecule is Cc1ccccc1NC(=O)Nc1ccc(CC(C)(C)Oc2ccc(CC(NS(=O)(=O)Cc3ccccc3)C(=O)O)cc2)cc1. The topological polar surface area (TPSA) is 134 Å². The zero-order valence-corrected chi connectivity index (χ0v) is 25.7. The van der Waals surface area contributed by atoms with Gasteiger partial charge in [-0.3, -0.25) is 4.79 Å². The third-order valence-corrected chi connectivity index (χ3v) is 8.17. The molecule has 9 nitrogen and oxygen atoms in total. The maximum absolute atomic E-state index is 12.6. The van der Waals surface area contributed by atoms with Crippen LogP contribution in [0.1, 0.15) is 36.1 Å². The normalized spacial score (nSPS) is 12.2. The van der Waals surface area contributed by atoms with Gasteiger partial charge in [-0.25, -0.2) is 17.9 Å². The lowest BCUT2D eigenvalue weighted by Gasteiger charge is -2.27. The first-order chi connectivity index (χ1) is 20.9. The van der Waals surface area contributed by atoms with Crippen molar-refractivity contribution in [1.82, 2.24) is 4.72 Å². The number of benzene rings is 4. The molecule has 0 aromatic heterocycles. The molecular weight excluding hydrogens is 578 g/mol. The number of aryl methyl sites for hydroxylation is 1. The van der Waals surface area contributed by atoms with Gasteiger partial charge in [-0.05, 0) is 79.8 Å². The maximum Gasteiger partial charge on any atom is 0.323 e. The van der Waals surface area contributed by atoms with Crippen molar-refractivity contribution in [1.29, 1.82) is 0 Å². The van der Waals surface area contributed by atoms with Crippen LogP contribution in [0.3, 0.4) is 0 Å². The summed E-state index contributed by atoms with van der Waals surface area (Å²) in [6.45, 7) is 5.86. The molecule has 0 aliphatic carbocycles. The lowest BCUT2D eigenvalue weighted by atomic mass is 9.98. The molecule has 4 rings (SSSR count). The number of carbonyl (C=O) groups excluding carboxylic acids is 1. The highest BCUT2D eigenvalue weighted by molar-refractivity contribution is 7.88. The minimum absolute atomic E-state index is 0.0175. The van der Waals surface area contributed by atoms with E-state index >= 15 is 0 Å². The Morgan fingerprint density at radius 2 is 1.41 bits per heavy atom. The molecule has 0 saturated heterocycles.